The maximum absolute atomic E-state index is 14.5. The van der Waals surface area contributed by atoms with Crippen molar-refractivity contribution < 1.29 is 23.5 Å². The molecular weight excluding hydrogens is 424 g/mol. The van der Waals surface area contributed by atoms with Gasteiger partial charge >= 0.3 is 11.6 Å². The molecule has 8 nitrogen and oxygen atoms in total. The summed E-state index contributed by atoms with van der Waals surface area (Å²) in [7, 11) is 0. The molecule has 0 fully saturated rings. The lowest BCUT2D eigenvalue weighted by Crippen LogP contribution is -2.56. The van der Waals surface area contributed by atoms with Gasteiger partial charge in [-0.3, -0.25) is 4.79 Å². The van der Waals surface area contributed by atoms with Gasteiger partial charge in [-0.2, -0.15) is 0 Å². The van der Waals surface area contributed by atoms with E-state index in [9.17, 15) is 14.4 Å². The van der Waals surface area contributed by atoms with Crippen molar-refractivity contribution in [2.45, 2.75) is 57.9 Å². The zero-order chi connectivity index (χ0) is 23.9. The van der Waals surface area contributed by atoms with Crippen LogP contribution in [0.25, 0.3) is 0 Å². The topological polar surface area (TPSA) is 112 Å². The van der Waals surface area contributed by atoms with Gasteiger partial charge in [0.05, 0.1) is 12.3 Å². The van der Waals surface area contributed by atoms with Crippen LogP contribution in [0.15, 0.2) is 44.9 Å². The third-order valence-corrected chi connectivity index (χ3v) is 6.90. The Balaban J connectivity index is 1.97. The number of hydrogen-bond donors (Lipinski definition) is 1. The second-order valence-corrected chi connectivity index (χ2v) is 9.50. The minimum Gasteiger partial charge on any atom is -0.462 e. The molecule has 2 N–H and O–H groups in total. The maximum atomic E-state index is 14.5. The molecule has 0 bridgehead atoms. The van der Waals surface area contributed by atoms with E-state index in [1.54, 1.807) is 24.8 Å². The van der Waals surface area contributed by atoms with E-state index in [0.717, 1.165) is 5.56 Å². The van der Waals surface area contributed by atoms with Crippen molar-refractivity contribution in [3.8, 4) is 5.75 Å². The minimum atomic E-state index is -1.83. The number of carbonyl (C=O) groups excluding carboxylic acids is 2. The average Bonchev–Trinajstić information content (AvgIpc) is 2.96. The van der Waals surface area contributed by atoms with Crippen LogP contribution in [0.5, 0.6) is 5.75 Å². The SMILES string of the molecule is CCOC(=O)C1=C(N)Oc2cc(C)oc(=O)c2[C@]12C(=O)N1c3c(cccc32)[C@@H](C)CC1(C)C. The quantitative estimate of drug-likeness (QED) is 0.700. The van der Waals surface area contributed by atoms with Crippen LogP contribution in [0.3, 0.4) is 0 Å². The third kappa shape index (κ3) is 2.54. The van der Waals surface area contributed by atoms with Crippen molar-refractivity contribution in [3.05, 3.63) is 68.6 Å². The monoisotopic (exact) mass is 450 g/mol. The highest BCUT2D eigenvalue weighted by molar-refractivity contribution is 6.19. The molecule has 1 spiro atoms. The molecule has 5 rings (SSSR count). The number of aryl methyl sites for hydroxylation is 1. The number of carbonyl (C=O) groups is 2. The Labute approximate surface area is 191 Å². The van der Waals surface area contributed by atoms with Gasteiger partial charge in [-0.15, -0.1) is 0 Å². The molecule has 8 heteroatoms. The van der Waals surface area contributed by atoms with Crippen LogP contribution in [-0.2, 0) is 19.7 Å². The van der Waals surface area contributed by atoms with E-state index in [-0.39, 0.29) is 35.3 Å². The van der Waals surface area contributed by atoms with Gasteiger partial charge < -0.3 is 24.5 Å². The molecule has 3 aliphatic heterocycles. The normalized spacial score (nSPS) is 24.5. The predicted molar refractivity (Wildman–Crippen MR) is 120 cm³/mol. The summed E-state index contributed by atoms with van der Waals surface area (Å²) in [5.74, 6) is -0.939. The Morgan fingerprint density at radius 2 is 2.03 bits per heavy atom. The van der Waals surface area contributed by atoms with Crippen LogP contribution < -0.4 is 21.0 Å². The van der Waals surface area contributed by atoms with E-state index in [2.05, 4.69) is 6.92 Å². The van der Waals surface area contributed by atoms with E-state index in [4.69, 9.17) is 19.6 Å². The number of fused-ring (bicyclic) bond motifs is 3. The summed E-state index contributed by atoms with van der Waals surface area (Å²) in [6.45, 7) is 9.39. The number of anilines is 1. The first kappa shape index (κ1) is 21.3. The minimum absolute atomic E-state index is 0.0541. The van der Waals surface area contributed by atoms with Crippen molar-refractivity contribution >= 4 is 17.6 Å². The molecule has 0 saturated heterocycles. The summed E-state index contributed by atoms with van der Waals surface area (Å²) in [4.78, 5) is 42.9. The van der Waals surface area contributed by atoms with Crippen molar-refractivity contribution in [1.29, 1.82) is 0 Å². The van der Waals surface area contributed by atoms with Gasteiger partial charge in [-0.1, -0.05) is 25.1 Å². The smallest absolute Gasteiger partial charge is 0.344 e. The first-order chi connectivity index (χ1) is 15.6. The highest BCUT2D eigenvalue weighted by atomic mass is 16.5. The molecule has 33 heavy (non-hydrogen) atoms. The Bertz CT molecular complexity index is 1320. The number of ether oxygens (including phenoxy) is 2. The van der Waals surface area contributed by atoms with E-state index in [1.165, 1.54) is 6.07 Å². The fraction of sp³-hybridized carbons (Fsp3) is 0.400. The van der Waals surface area contributed by atoms with Gasteiger partial charge in [0.25, 0.3) is 0 Å². The second kappa shape index (κ2) is 6.73. The molecular formula is C25H26N2O6. The maximum Gasteiger partial charge on any atom is 0.344 e. The molecule has 1 aromatic heterocycles. The Morgan fingerprint density at radius 1 is 1.30 bits per heavy atom. The summed E-state index contributed by atoms with van der Waals surface area (Å²) in [6.07, 6.45) is 0.713. The molecule has 1 aromatic carbocycles. The molecule has 0 aliphatic carbocycles. The van der Waals surface area contributed by atoms with Crippen LogP contribution in [0.4, 0.5) is 5.69 Å². The zero-order valence-corrected chi connectivity index (χ0v) is 19.3. The zero-order valence-electron chi connectivity index (χ0n) is 19.3. The summed E-state index contributed by atoms with van der Waals surface area (Å²) in [5.41, 5.74) is 5.08. The van der Waals surface area contributed by atoms with Crippen molar-refractivity contribution in [2.24, 2.45) is 5.73 Å². The van der Waals surface area contributed by atoms with E-state index < -0.39 is 28.5 Å². The van der Waals surface area contributed by atoms with E-state index in [1.807, 2.05) is 26.0 Å². The van der Waals surface area contributed by atoms with Crippen molar-refractivity contribution in [1.82, 2.24) is 0 Å². The number of nitrogens with two attached hydrogens (primary N) is 1. The lowest BCUT2D eigenvalue weighted by molar-refractivity contribution is -0.141. The number of benzene rings is 1. The Kier molecular flexibility index (Phi) is 4.34. The van der Waals surface area contributed by atoms with Crippen LogP contribution in [-0.4, -0.2) is 24.0 Å². The molecule has 2 aromatic rings. The van der Waals surface area contributed by atoms with Gasteiger partial charge in [-0.05, 0) is 45.6 Å². The first-order valence-corrected chi connectivity index (χ1v) is 11.0. The largest absolute Gasteiger partial charge is 0.462 e. The molecule has 0 saturated carbocycles. The van der Waals surface area contributed by atoms with E-state index >= 15 is 0 Å². The second-order valence-electron chi connectivity index (χ2n) is 9.50. The van der Waals surface area contributed by atoms with Crippen LogP contribution in [0.1, 0.15) is 62.5 Å². The average molecular weight is 450 g/mol. The van der Waals surface area contributed by atoms with Crippen molar-refractivity contribution in [3.63, 3.8) is 0 Å². The molecule has 172 valence electrons. The van der Waals surface area contributed by atoms with Gasteiger partial charge in [0.15, 0.2) is 0 Å². The molecule has 0 unspecified atom stereocenters. The number of rotatable bonds is 2. The highest BCUT2D eigenvalue weighted by Crippen LogP contribution is 2.60. The number of para-hydroxylation sites is 1. The summed E-state index contributed by atoms with van der Waals surface area (Å²) in [6, 6.07) is 7.10. The lowest BCUT2D eigenvalue weighted by Gasteiger charge is -2.44. The fourth-order valence-corrected chi connectivity index (χ4v) is 5.85. The summed E-state index contributed by atoms with van der Waals surface area (Å²) >= 11 is 0. The van der Waals surface area contributed by atoms with Crippen LogP contribution in [0.2, 0.25) is 0 Å². The number of esters is 1. The van der Waals surface area contributed by atoms with E-state index in [0.29, 0.717) is 23.4 Å². The van der Waals surface area contributed by atoms with Crippen LogP contribution >= 0.6 is 0 Å². The number of nitrogens with zero attached hydrogens (tertiary/aromatic N) is 1. The van der Waals surface area contributed by atoms with Gasteiger partial charge in [-0.25, -0.2) is 9.59 Å². The number of hydrogen-bond acceptors (Lipinski definition) is 7. The molecule has 3 aliphatic rings. The predicted octanol–water partition coefficient (Wildman–Crippen LogP) is 2.99. The molecule has 4 heterocycles. The molecule has 0 radical (unpaired) electrons. The first-order valence-electron chi connectivity index (χ1n) is 11.0. The Morgan fingerprint density at radius 3 is 2.73 bits per heavy atom. The highest BCUT2D eigenvalue weighted by Gasteiger charge is 2.66. The fourth-order valence-electron chi connectivity index (χ4n) is 5.85. The van der Waals surface area contributed by atoms with Crippen molar-refractivity contribution in [2.75, 3.05) is 11.5 Å². The Hall–Kier alpha value is -3.55. The van der Waals surface area contributed by atoms with Gasteiger partial charge in [0.1, 0.15) is 28.1 Å². The standard InChI is InChI=1S/C25H26N2O6/c1-6-31-21(28)18-20(26)33-16-10-13(3)32-22(29)17(16)25(18)15-9-7-8-14-12(2)11-24(4,5)27(19(14)15)23(25)30/h7-10,12H,6,11,26H2,1-5H3/t12-,25-/m0/s1. The molecule has 2 atom stereocenters. The number of amides is 1. The third-order valence-electron chi connectivity index (χ3n) is 6.90. The van der Waals surface area contributed by atoms with Gasteiger partial charge in [0, 0.05) is 17.2 Å². The summed E-state index contributed by atoms with van der Waals surface area (Å²) < 4.78 is 16.5. The molecule has 1 amide bonds. The lowest BCUT2D eigenvalue weighted by atomic mass is 9.68. The summed E-state index contributed by atoms with van der Waals surface area (Å²) in [5, 5.41) is 0. The van der Waals surface area contributed by atoms with Gasteiger partial charge in [0.2, 0.25) is 11.8 Å². The van der Waals surface area contributed by atoms with Crippen LogP contribution in [0, 0.1) is 6.92 Å².